The van der Waals surface area contributed by atoms with E-state index in [1.54, 1.807) is 0 Å². The Labute approximate surface area is 158 Å². The van der Waals surface area contributed by atoms with Crippen LogP contribution in [0.5, 0.6) is 0 Å². The third kappa shape index (κ3) is 4.21. The van der Waals surface area contributed by atoms with Gasteiger partial charge in [-0.1, -0.05) is 49.1 Å². The number of nitrogens with one attached hydrogen (secondary N) is 1. The standard InChI is InChI=1S/C21H27N3O3/c1-16-7-6-8-17(13-16)21(10-4-3-5-11-21)15-22-18(25)14-24-12-9-19(26)23(2)20(24)27/h6-9,12-13H,3-5,10-11,14-15H2,1-2H3,(H,22,25). The predicted molar refractivity (Wildman–Crippen MR) is 105 cm³/mol. The Balaban J connectivity index is 1.74. The Morgan fingerprint density at radius 1 is 1.15 bits per heavy atom. The molecule has 6 heteroatoms. The van der Waals surface area contributed by atoms with Gasteiger partial charge in [-0.05, 0) is 25.3 Å². The van der Waals surface area contributed by atoms with Crippen LogP contribution in [0.4, 0.5) is 0 Å². The summed E-state index contributed by atoms with van der Waals surface area (Å²) in [5.41, 5.74) is 1.59. The number of hydrogen-bond donors (Lipinski definition) is 1. The molecular formula is C21H27N3O3. The molecule has 0 bridgehead atoms. The predicted octanol–water partition coefficient (Wildman–Crippen LogP) is 1.87. The number of hydrogen-bond acceptors (Lipinski definition) is 3. The first-order valence-electron chi connectivity index (χ1n) is 9.52. The van der Waals surface area contributed by atoms with Crippen molar-refractivity contribution in [2.45, 2.75) is 51.0 Å². The molecule has 0 spiro atoms. The molecular weight excluding hydrogens is 342 g/mol. The molecule has 6 nitrogen and oxygen atoms in total. The molecule has 0 atom stereocenters. The fraction of sp³-hybridized carbons (Fsp3) is 0.476. The topological polar surface area (TPSA) is 73.1 Å². The molecule has 1 saturated carbocycles. The maximum Gasteiger partial charge on any atom is 0.331 e. The maximum atomic E-state index is 12.5. The van der Waals surface area contributed by atoms with Gasteiger partial charge in [-0.3, -0.25) is 18.7 Å². The van der Waals surface area contributed by atoms with Gasteiger partial charge in [0, 0.05) is 31.3 Å². The number of benzene rings is 1. The van der Waals surface area contributed by atoms with Gasteiger partial charge in [-0.25, -0.2) is 4.79 Å². The van der Waals surface area contributed by atoms with Crippen molar-refractivity contribution in [3.05, 3.63) is 68.5 Å². The number of aryl methyl sites for hydroxylation is 1. The van der Waals surface area contributed by atoms with Gasteiger partial charge in [0.25, 0.3) is 5.56 Å². The zero-order valence-corrected chi connectivity index (χ0v) is 16.0. The Hall–Kier alpha value is -2.63. The second kappa shape index (κ2) is 7.94. The summed E-state index contributed by atoms with van der Waals surface area (Å²) in [4.78, 5) is 36.1. The van der Waals surface area contributed by atoms with Crippen molar-refractivity contribution in [2.75, 3.05) is 6.54 Å². The average Bonchev–Trinajstić information content (AvgIpc) is 2.68. The molecule has 144 valence electrons. The van der Waals surface area contributed by atoms with Gasteiger partial charge in [0.05, 0.1) is 0 Å². The molecule has 1 aromatic heterocycles. The molecule has 0 aliphatic heterocycles. The van der Waals surface area contributed by atoms with Gasteiger partial charge in [-0.15, -0.1) is 0 Å². The molecule has 2 aromatic rings. The van der Waals surface area contributed by atoms with Crippen molar-refractivity contribution >= 4 is 5.91 Å². The molecule has 1 N–H and O–H groups in total. The Morgan fingerprint density at radius 2 is 1.89 bits per heavy atom. The molecule has 1 fully saturated rings. The summed E-state index contributed by atoms with van der Waals surface area (Å²) in [5.74, 6) is -0.214. The molecule has 1 amide bonds. The minimum absolute atomic E-state index is 0.0472. The summed E-state index contributed by atoms with van der Waals surface area (Å²) in [6.45, 7) is 2.57. The van der Waals surface area contributed by atoms with Crippen LogP contribution in [-0.2, 0) is 23.8 Å². The third-order valence-corrected chi connectivity index (χ3v) is 5.64. The lowest BCUT2D eigenvalue weighted by Crippen LogP contribution is -2.45. The zero-order valence-electron chi connectivity index (χ0n) is 16.0. The fourth-order valence-corrected chi connectivity index (χ4v) is 3.99. The van der Waals surface area contributed by atoms with E-state index in [1.165, 1.54) is 41.4 Å². The number of nitrogens with zero attached hydrogens (tertiary/aromatic N) is 2. The van der Waals surface area contributed by atoms with Crippen LogP contribution in [0.1, 0.15) is 43.2 Å². The van der Waals surface area contributed by atoms with E-state index in [0.29, 0.717) is 6.54 Å². The number of aromatic nitrogens is 2. The highest BCUT2D eigenvalue weighted by atomic mass is 16.2. The molecule has 1 heterocycles. The largest absolute Gasteiger partial charge is 0.354 e. The molecule has 0 unspecified atom stereocenters. The highest BCUT2D eigenvalue weighted by molar-refractivity contribution is 5.75. The van der Waals surface area contributed by atoms with E-state index in [-0.39, 0.29) is 23.4 Å². The maximum absolute atomic E-state index is 12.5. The third-order valence-electron chi connectivity index (χ3n) is 5.64. The Kier molecular flexibility index (Phi) is 5.63. The van der Waals surface area contributed by atoms with Gasteiger partial charge in [-0.2, -0.15) is 0 Å². The summed E-state index contributed by atoms with van der Waals surface area (Å²) < 4.78 is 2.26. The monoisotopic (exact) mass is 369 g/mol. The van der Waals surface area contributed by atoms with E-state index < -0.39 is 5.69 Å². The molecule has 3 rings (SSSR count). The smallest absolute Gasteiger partial charge is 0.331 e. The van der Waals surface area contributed by atoms with Gasteiger partial charge in [0.2, 0.25) is 5.91 Å². The molecule has 1 aliphatic rings. The van der Waals surface area contributed by atoms with Gasteiger partial charge < -0.3 is 5.32 Å². The molecule has 0 radical (unpaired) electrons. The second-order valence-corrected chi connectivity index (χ2v) is 7.61. The quantitative estimate of drug-likeness (QED) is 0.874. The van der Waals surface area contributed by atoms with Crippen LogP contribution in [0.3, 0.4) is 0 Å². The summed E-state index contributed by atoms with van der Waals surface area (Å²) in [6, 6.07) is 9.83. The van der Waals surface area contributed by atoms with Gasteiger partial charge >= 0.3 is 5.69 Å². The van der Waals surface area contributed by atoms with Crippen molar-refractivity contribution in [1.29, 1.82) is 0 Å². The lowest BCUT2D eigenvalue weighted by molar-refractivity contribution is -0.122. The zero-order chi connectivity index (χ0) is 19.4. The number of carbonyl (C=O) groups is 1. The first kappa shape index (κ1) is 19.1. The molecule has 1 aliphatic carbocycles. The summed E-state index contributed by atoms with van der Waals surface area (Å²) in [5, 5.41) is 3.03. The van der Waals surface area contributed by atoms with Crippen molar-refractivity contribution < 1.29 is 4.79 Å². The highest BCUT2D eigenvalue weighted by Gasteiger charge is 2.34. The van der Waals surface area contributed by atoms with Crippen molar-refractivity contribution in [1.82, 2.24) is 14.5 Å². The van der Waals surface area contributed by atoms with E-state index in [0.717, 1.165) is 30.3 Å². The van der Waals surface area contributed by atoms with E-state index >= 15 is 0 Å². The first-order valence-corrected chi connectivity index (χ1v) is 9.52. The molecule has 1 aromatic carbocycles. The molecule has 27 heavy (non-hydrogen) atoms. The minimum Gasteiger partial charge on any atom is -0.354 e. The Bertz CT molecular complexity index is 936. The SMILES string of the molecule is Cc1cccc(C2(CNC(=O)Cn3ccc(=O)n(C)c3=O)CCCCC2)c1. The van der Waals surface area contributed by atoms with Crippen molar-refractivity contribution in [3.63, 3.8) is 0 Å². The lowest BCUT2D eigenvalue weighted by atomic mass is 9.69. The van der Waals surface area contributed by atoms with Crippen LogP contribution in [0.25, 0.3) is 0 Å². The van der Waals surface area contributed by atoms with Crippen molar-refractivity contribution in [3.8, 4) is 0 Å². The highest BCUT2D eigenvalue weighted by Crippen LogP contribution is 2.39. The molecule has 0 saturated heterocycles. The first-order chi connectivity index (χ1) is 12.9. The number of carbonyl (C=O) groups excluding carboxylic acids is 1. The van der Waals surface area contributed by atoms with E-state index in [4.69, 9.17) is 0 Å². The fourth-order valence-electron chi connectivity index (χ4n) is 3.99. The van der Waals surface area contributed by atoms with Gasteiger partial charge in [0.1, 0.15) is 6.54 Å². The van der Waals surface area contributed by atoms with Crippen LogP contribution in [0.2, 0.25) is 0 Å². The van der Waals surface area contributed by atoms with Crippen molar-refractivity contribution in [2.24, 2.45) is 7.05 Å². The van der Waals surface area contributed by atoms with Crippen LogP contribution in [0, 0.1) is 6.92 Å². The lowest BCUT2D eigenvalue weighted by Gasteiger charge is -2.38. The number of rotatable bonds is 5. The average molecular weight is 369 g/mol. The van der Waals surface area contributed by atoms with E-state index in [9.17, 15) is 14.4 Å². The van der Waals surface area contributed by atoms with Crippen LogP contribution >= 0.6 is 0 Å². The van der Waals surface area contributed by atoms with Crippen LogP contribution < -0.4 is 16.6 Å². The van der Waals surface area contributed by atoms with Crippen LogP contribution in [0.15, 0.2) is 46.1 Å². The van der Waals surface area contributed by atoms with E-state index in [1.807, 2.05) is 0 Å². The van der Waals surface area contributed by atoms with Gasteiger partial charge in [0.15, 0.2) is 0 Å². The summed E-state index contributed by atoms with van der Waals surface area (Å²) >= 11 is 0. The Morgan fingerprint density at radius 3 is 2.59 bits per heavy atom. The minimum atomic E-state index is -0.483. The van der Waals surface area contributed by atoms with E-state index in [2.05, 4.69) is 36.5 Å². The summed E-state index contributed by atoms with van der Waals surface area (Å²) in [7, 11) is 1.41. The second-order valence-electron chi connectivity index (χ2n) is 7.61. The summed E-state index contributed by atoms with van der Waals surface area (Å²) in [6.07, 6.45) is 7.03. The normalized spacial score (nSPS) is 16.1. The number of amides is 1. The van der Waals surface area contributed by atoms with Crippen LogP contribution in [-0.4, -0.2) is 21.6 Å².